The van der Waals surface area contributed by atoms with E-state index in [1.54, 1.807) is 43.3 Å². The summed E-state index contributed by atoms with van der Waals surface area (Å²) in [6.45, 7) is 3.38. The lowest BCUT2D eigenvalue weighted by Crippen LogP contribution is -2.43. The Bertz CT molecular complexity index is 1070. The number of carbonyl (C=O) groups is 2. The topological polar surface area (TPSA) is 105 Å². The Hall–Kier alpha value is -2.91. The zero-order valence-corrected chi connectivity index (χ0v) is 18.0. The summed E-state index contributed by atoms with van der Waals surface area (Å²) in [4.78, 5) is 24.3. The van der Waals surface area contributed by atoms with Crippen LogP contribution in [0.2, 0.25) is 0 Å². The van der Waals surface area contributed by atoms with Gasteiger partial charge in [-0.15, -0.1) is 0 Å². The number of nitrogens with zero attached hydrogens (tertiary/aromatic N) is 1. The number of hydrogen-bond donors (Lipinski definition) is 2. The van der Waals surface area contributed by atoms with Crippen molar-refractivity contribution >= 4 is 33.2 Å². The fraction of sp³-hybridized carbons (Fsp3) is 0.333. The normalized spacial score (nSPS) is 16.8. The standard InChI is InChI=1S/C21H25N3O5S/c1-14-9-10-18(29-3)13-20(14)30(27,28)24-11-5-8-19(24)21(26)23-17-7-4-6-16(12-17)22-15(2)25/h4,6-7,9-10,12-13,19H,5,8,11H2,1-3H3,(H,22,25)(H,23,26)/t19-/m1/s1. The highest BCUT2D eigenvalue weighted by Gasteiger charge is 2.40. The molecule has 1 aliphatic rings. The number of nitrogens with one attached hydrogen (secondary N) is 2. The van der Waals surface area contributed by atoms with Gasteiger partial charge >= 0.3 is 0 Å². The molecule has 0 aliphatic carbocycles. The lowest BCUT2D eigenvalue weighted by atomic mass is 10.2. The van der Waals surface area contributed by atoms with E-state index in [1.807, 2.05) is 0 Å². The van der Waals surface area contributed by atoms with E-state index in [1.165, 1.54) is 24.4 Å². The van der Waals surface area contributed by atoms with Crippen LogP contribution in [0.4, 0.5) is 11.4 Å². The van der Waals surface area contributed by atoms with Crippen molar-refractivity contribution < 1.29 is 22.7 Å². The number of anilines is 2. The lowest BCUT2D eigenvalue weighted by molar-refractivity contribution is -0.119. The molecule has 0 unspecified atom stereocenters. The summed E-state index contributed by atoms with van der Waals surface area (Å²) in [7, 11) is -2.40. The summed E-state index contributed by atoms with van der Waals surface area (Å²) in [5.41, 5.74) is 1.61. The SMILES string of the molecule is COc1ccc(C)c(S(=O)(=O)N2CCC[C@@H]2C(=O)Nc2cccc(NC(C)=O)c2)c1. The highest BCUT2D eigenvalue weighted by molar-refractivity contribution is 7.89. The van der Waals surface area contributed by atoms with Crippen molar-refractivity contribution in [2.45, 2.75) is 37.6 Å². The predicted octanol–water partition coefficient (Wildman–Crippen LogP) is 2.75. The van der Waals surface area contributed by atoms with Gasteiger partial charge < -0.3 is 15.4 Å². The molecular formula is C21H25N3O5S. The summed E-state index contributed by atoms with van der Waals surface area (Å²) in [6.07, 6.45) is 1.02. The van der Waals surface area contributed by atoms with Gasteiger partial charge in [0.15, 0.2) is 0 Å². The number of benzene rings is 2. The quantitative estimate of drug-likeness (QED) is 0.732. The van der Waals surface area contributed by atoms with Gasteiger partial charge in [0.1, 0.15) is 11.8 Å². The molecule has 2 aromatic rings. The van der Waals surface area contributed by atoms with Gasteiger partial charge in [-0.3, -0.25) is 9.59 Å². The largest absolute Gasteiger partial charge is 0.497 e. The summed E-state index contributed by atoms with van der Waals surface area (Å²) in [5.74, 6) is -0.189. The second-order valence-corrected chi connectivity index (χ2v) is 9.02. The molecule has 0 radical (unpaired) electrons. The van der Waals surface area contributed by atoms with Gasteiger partial charge in [-0.1, -0.05) is 12.1 Å². The van der Waals surface area contributed by atoms with Crippen LogP contribution in [0.5, 0.6) is 5.75 Å². The lowest BCUT2D eigenvalue weighted by Gasteiger charge is -2.24. The van der Waals surface area contributed by atoms with Crippen LogP contribution >= 0.6 is 0 Å². The maximum Gasteiger partial charge on any atom is 0.244 e. The number of carbonyl (C=O) groups excluding carboxylic acids is 2. The van der Waals surface area contributed by atoms with Crippen LogP contribution in [0.15, 0.2) is 47.4 Å². The summed E-state index contributed by atoms with van der Waals surface area (Å²) in [5, 5.41) is 5.42. The Kier molecular flexibility index (Phi) is 6.42. The van der Waals surface area contributed by atoms with E-state index in [0.717, 1.165) is 0 Å². The minimum Gasteiger partial charge on any atom is -0.497 e. The van der Waals surface area contributed by atoms with Crippen LogP contribution in [0.25, 0.3) is 0 Å². The van der Waals surface area contributed by atoms with Gasteiger partial charge in [0.2, 0.25) is 21.8 Å². The third-order valence-corrected chi connectivity index (χ3v) is 6.99. The molecule has 3 rings (SSSR count). The molecule has 0 spiro atoms. The van der Waals surface area contributed by atoms with Crippen LogP contribution in [-0.4, -0.2) is 44.2 Å². The first kappa shape index (κ1) is 21.8. The minimum atomic E-state index is -3.88. The molecule has 1 fully saturated rings. The number of aryl methyl sites for hydroxylation is 1. The van der Waals surface area contributed by atoms with Gasteiger partial charge in [-0.2, -0.15) is 4.31 Å². The number of rotatable bonds is 6. The van der Waals surface area contributed by atoms with Crippen molar-refractivity contribution in [2.75, 3.05) is 24.3 Å². The Morgan fingerprint density at radius 1 is 1.10 bits per heavy atom. The van der Waals surface area contributed by atoms with E-state index in [9.17, 15) is 18.0 Å². The molecule has 1 heterocycles. The van der Waals surface area contributed by atoms with E-state index >= 15 is 0 Å². The van der Waals surface area contributed by atoms with Crippen LogP contribution in [0, 0.1) is 6.92 Å². The van der Waals surface area contributed by atoms with Crippen molar-refractivity contribution in [3.8, 4) is 5.75 Å². The summed E-state index contributed by atoms with van der Waals surface area (Å²) in [6, 6.07) is 10.8. The van der Waals surface area contributed by atoms with Crippen molar-refractivity contribution in [2.24, 2.45) is 0 Å². The van der Waals surface area contributed by atoms with Crippen molar-refractivity contribution in [3.63, 3.8) is 0 Å². The molecule has 30 heavy (non-hydrogen) atoms. The molecular weight excluding hydrogens is 406 g/mol. The average molecular weight is 432 g/mol. The van der Waals surface area contributed by atoms with Crippen LogP contribution < -0.4 is 15.4 Å². The monoisotopic (exact) mass is 431 g/mol. The summed E-state index contributed by atoms with van der Waals surface area (Å²) >= 11 is 0. The van der Waals surface area contributed by atoms with Crippen molar-refractivity contribution in [1.82, 2.24) is 4.31 Å². The zero-order valence-electron chi connectivity index (χ0n) is 17.1. The molecule has 1 atom stereocenters. The van der Waals surface area contributed by atoms with Crippen LogP contribution in [0.3, 0.4) is 0 Å². The van der Waals surface area contributed by atoms with Crippen LogP contribution in [0.1, 0.15) is 25.3 Å². The molecule has 1 saturated heterocycles. The van der Waals surface area contributed by atoms with E-state index in [-0.39, 0.29) is 17.3 Å². The maximum absolute atomic E-state index is 13.3. The van der Waals surface area contributed by atoms with Crippen LogP contribution in [-0.2, 0) is 19.6 Å². The smallest absolute Gasteiger partial charge is 0.244 e. The van der Waals surface area contributed by atoms with Crippen molar-refractivity contribution in [1.29, 1.82) is 0 Å². The second kappa shape index (κ2) is 8.85. The van der Waals surface area contributed by atoms with Gasteiger partial charge in [-0.25, -0.2) is 8.42 Å². The molecule has 2 aromatic carbocycles. The Balaban J connectivity index is 1.83. The highest BCUT2D eigenvalue weighted by Crippen LogP contribution is 2.30. The Morgan fingerprint density at radius 3 is 2.47 bits per heavy atom. The second-order valence-electron chi connectivity index (χ2n) is 7.16. The molecule has 0 saturated carbocycles. The predicted molar refractivity (Wildman–Crippen MR) is 114 cm³/mol. The molecule has 160 valence electrons. The molecule has 2 N–H and O–H groups in total. The molecule has 0 bridgehead atoms. The number of hydrogen-bond acceptors (Lipinski definition) is 5. The number of methoxy groups -OCH3 is 1. The first-order valence-corrected chi connectivity index (χ1v) is 11.0. The van der Waals surface area contributed by atoms with E-state index in [4.69, 9.17) is 4.74 Å². The third-order valence-electron chi connectivity index (χ3n) is 4.94. The van der Waals surface area contributed by atoms with Gasteiger partial charge in [-0.05, 0) is 49.6 Å². The highest BCUT2D eigenvalue weighted by atomic mass is 32.2. The molecule has 1 aliphatic heterocycles. The van der Waals surface area contributed by atoms with Crippen molar-refractivity contribution in [3.05, 3.63) is 48.0 Å². The number of amides is 2. The zero-order chi connectivity index (χ0) is 21.9. The molecule has 9 heteroatoms. The van der Waals surface area contributed by atoms with E-state index in [0.29, 0.717) is 35.5 Å². The molecule has 0 aromatic heterocycles. The molecule has 2 amide bonds. The number of ether oxygens (including phenoxy) is 1. The molecule has 8 nitrogen and oxygen atoms in total. The van der Waals surface area contributed by atoms with Gasteiger partial charge in [0.25, 0.3) is 0 Å². The van der Waals surface area contributed by atoms with E-state index < -0.39 is 22.0 Å². The fourth-order valence-electron chi connectivity index (χ4n) is 3.51. The minimum absolute atomic E-state index is 0.134. The third kappa shape index (κ3) is 4.63. The first-order valence-electron chi connectivity index (χ1n) is 9.57. The average Bonchev–Trinajstić information content (AvgIpc) is 3.19. The fourth-order valence-corrected chi connectivity index (χ4v) is 5.40. The number of sulfonamides is 1. The van der Waals surface area contributed by atoms with Gasteiger partial charge in [0.05, 0.1) is 12.0 Å². The Labute approximate surface area is 176 Å². The van der Waals surface area contributed by atoms with E-state index in [2.05, 4.69) is 10.6 Å². The van der Waals surface area contributed by atoms with Gasteiger partial charge in [0, 0.05) is 30.9 Å². The Morgan fingerprint density at radius 2 is 1.80 bits per heavy atom. The maximum atomic E-state index is 13.3. The first-order chi connectivity index (χ1) is 14.2. The summed E-state index contributed by atoms with van der Waals surface area (Å²) < 4.78 is 33.0.